The summed E-state index contributed by atoms with van der Waals surface area (Å²) in [6.07, 6.45) is 0.332. The molecule has 0 bridgehead atoms. The largest absolute Gasteiger partial charge is 0.487 e. The van der Waals surface area contributed by atoms with Crippen LogP contribution in [-0.4, -0.2) is 10.1 Å². The molecular weight excluding hydrogens is 246 g/mol. The molecule has 0 aliphatic rings. The van der Waals surface area contributed by atoms with Crippen molar-refractivity contribution in [2.45, 2.75) is 33.0 Å². The van der Waals surface area contributed by atoms with Gasteiger partial charge in [0.25, 0.3) is 0 Å². The fourth-order valence-electron chi connectivity index (χ4n) is 1.65. The number of hydrogen-bond donors (Lipinski definition) is 1. The summed E-state index contributed by atoms with van der Waals surface area (Å²) in [5.41, 5.74) is 1.88. The Morgan fingerprint density at radius 1 is 1.33 bits per heavy atom. The summed E-state index contributed by atoms with van der Waals surface area (Å²) in [6.45, 7) is 4.43. The summed E-state index contributed by atoms with van der Waals surface area (Å²) in [4.78, 5) is 4.34. The smallest absolute Gasteiger partial charge is 0.131 e. The predicted octanol–water partition coefficient (Wildman–Crippen LogP) is 3.47. The topological polar surface area (TPSA) is 42.4 Å². The summed E-state index contributed by atoms with van der Waals surface area (Å²) >= 11 is 1.62. The van der Waals surface area contributed by atoms with Crippen LogP contribution >= 0.6 is 11.3 Å². The first kappa shape index (κ1) is 13.1. The standard InChI is InChI=1S/C14H17NO2S/c1-3-14(16)11-4-6-13(7-5-11)17-8-12-9-18-10(2)15-12/h4-7,9,14,16H,3,8H2,1-2H3. The van der Waals surface area contributed by atoms with Gasteiger partial charge in [-0.1, -0.05) is 19.1 Å². The van der Waals surface area contributed by atoms with E-state index in [9.17, 15) is 5.11 Å². The fraction of sp³-hybridized carbons (Fsp3) is 0.357. The van der Waals surface area contributed by atoms with Crippen LogP contribution in [0.5, 0.6) is 5.75 Å². The highest BCUT2D eigenvalue weighted by molar-refractivity contribution is 7.09. The average Bonchev–Trinajstić information content (AvgIpc) is 2.82. The van der Waals surface area contributed by atoms with E-state index in [1.165, 1.54) is 0 Å². The lowest BCUT2D eigenvalue weighted by Gasteiger charge is -2.09. The van der Waals surface area contributed by atoms with Crippen LogP contribution in [0.15, 0.2) is 29.6 Å². The molecule has 3 nitrogen and oxygen atoms in total. The van der Waals surface area contributed by atoms with Gasteiger partial charge < -0.3 is 9.84 Å². The first-order chi connectivity index (χ1) is 8.69. The molecule has 0 saturated carbocycles. The number of aromatic nitrogens is 1. The Labute approximate surface area is 111 Å². The molecule has 0 amide bonds. The molecule has 2 rings (SSSR count). The zero-order chi connectivity index (χ0) is 13.0. The third kappa shape index (κ3) is 3.31. The molecule has 1 aromatic heterocycles. The quantitative estimate of drug-likeness (QED) is 0.898. The SMILES string of the molecule is CCC(O)c1ccc(OCc2csc(C)n2)cc1. The van der Waals surface area contributed by atoms with Crippen LogP contribution in [0, 0.1) is 6.92 Å². The lowest BCUT2D eigenvalue weighted by atomic mass is 10.1. The van der Waals surface area contributed by atoms with E-state index in [2.05, 4.69) is 4.98 Å². The van der Waals surface area contributed by atoms with Crippen LogP contribution in [0.4, 0.5) is 0 Å². The molecule has 1 aromatic carbocycles. The monoisotopic (exact) mass is 263 g/mol. The third-order valence-electron chi connectivity index (χ3n) is 2.70. The van der Waals surface area contributed by atoms with E-state index in [4.69, 9.17) is 4.74 Å². The van der Waals surface area contributed by atoms with Crippen molar-refractivity contribution in [3.8, 4) is 5.75 Å². The van der Waals surface area contributed by atoms with Gasteiger partial charge in [0.05, 0.1) is 16.8 Å². The van der Waals surface area contributed by atoms with Gasteiger partial charge in [-0.25, -0.2) is 4.98 Å². The summed E-state index contributed by atoms with van der Waals surface area (Å²) in [7, 11) is 0. The summed E-state index contributed by atoms with van der Waals surface area (Å²) in [5.74, 6) is 0.799. The van der Waals surface area contributed by atoms with Crippen LogP contribution in [0.25, 0.3) is 0 Å². The number of benzene rings is 1. The maximum atomic E-state index is 9.68. The molecule has 0 fully saturated rings. The molecular formula is C14H17NO2S. The zero-order valence-electron chi connectivity index (χ0n) is 10.6. The first-order valence-electron chi connectivity index (χ1n) is 6.01. The second-order valence-electron chi connectivity index (χ2n) is 4.14. The number of ether oxygens (including phenoxy) is 1. The van der Waals surface area contributed by atoms with Gasteiger partial charge in [-0.3, -0.25) is 0 Å². The molecule has 0 spiro atoms. The Balaban J connectivity index is 1.94. The highest BCUT2D eigenvalue weighted by Crippen LogP contribution is 2.20. The highest BCUT2D eigenvalue weighted by atomic mass is 32.1. The van der Waals surface area contributed by atoms with Gasteiger partial charge in [-0.2, -0.15) is 0 Å². The second-order valence-corrected chi connectivity index (χ2v) is 5.20. The summed E-state index contributed by atoms with van der Waals surface area (Å²) in [5, 5.41) is 12.7. The van der Waals surface area contributed by atoms with E-state index in [1.54, 1.807) is 11.3 Å². The Morgan fingerprint density at radius 2 is 2.06 bits per heavy atom. The van der Waals surface area contributed by atoms with E-state index in [-0.39, 0.29) is 6.10 Å². The van der Waals surface area contributed by atoms with Gasteiger partial charge in [0, 0.05) is 5.38 Å². The van der Waals surface area contributed by atoms with Crippen LogP contribution in [0.2, 0.25) is 0 Å². The fourth-order valence-corrected chi connectivity index (χ4v) is 2.25. The third-order valence-corrected chi connectivity index (χ3v) is 3.53. The molecule has 0 aliphatic heterocycles. The molecule has 1 N–H and O–H groups in total. The molecule has 18 heavy (non-hydrogen) atoms. The van der Waals surface area contributed by atoms with Crippen molar-refractivity contribution in [2.24, 2.45) is 0 Å². The Morgan fingerprint density at radius 3 is 2.61 bits per heavy atom. The zero-order valence-corrected chi connectivity index (χ0v) is 11.4. The van der Waals surface area contributed by atoms with Crippen LogP contribution < -0.4 is 4.74 Å². The molecule has 0 radical (unpaired) electrons. The van der Waals surface area contributed by atoms with Crippen molar-refractivity contribution >= 4 is 11.3 Å². The van der Waals surface area contributed by atoms with Gasteiger partial charge in [0.1, 0.15) is 12.4 Å². The number of hydrogen-bond acceptors (Lipinski definition) is 4. The van der Waals surface area contributed by atoms with E-state index >= 15 is 0 Å². The maximum absolute atomic E-state index is 9.68. The number of aliphatic hydroxyl groups excluding tert-OH is 1. The summed E-state index contributed by atoms with van der Waals surface area (Å²) < 4.78 is 5.64. The van der Waals surface area contributed by atoms with E-state index in [0.717, 1.165) is 28.4 Å². The average molecular weight is 263 g/mol. The van der Waals surface area contributed by atoms with Crippen molar-refractivity contribution in [1.82, 2.24) is 4.98 Å². The van der Waals surface area contributed by atoms with Crippen LogP contribution in [0.1, 0.15) is 35.7 Å². The molecule has 0 aliphatic carbocycles. The number of rotatable bonds is 5. The van der Waals surface area contributed by atoms with Crippen LogP contribution in [-0.2, 0) is 6.61 Å². The molecule has 1 atom stereocenters. The van der Waals surface area contributed by atoms with Crippen molar-refractivity contribution in [3.63, 3.8) is 0 Å². The second kappa shape index (κ2) is 5.98. The van der Waals surface area contributed by atoms with Gasteiger partial charge >= 0.3 is 0 Å². The Bertz CT molecular complexity index is 493. The summed E-state index contributed by atoms with van der Waals surface area (Å²) in [6, 6.07) is 7.56. The van der Waals surface area contributed by atoms with Gasteiger partial charge in [-0.15, -0.1) is 11.3 Å². The molecule has 1 heterocycles. The minimum Gasteiger partial charge on any atom is -0.487 e. The number of thiazole rings is 1. The van der Waals surface area contributed by atoms with Gasteiger partial charge in [-0.05, 0) is 31.0 Å². The van der Waals surface area contributed by atoms with Crippen molar-refractivity contribution in [2.75, 3.05) is 0 Å². The Hall–Kier alpha value is -1.39. The number of nitrogens with zero attached hydrogens (tertiary/aromatic N) is 1. The minimum atomic E-state index is -0.389. The maximum Gasteiger partial charge on any atom is 0.131 e. The van der Waals surface area contributed by atoms with Crippen molar-refractivity contribution < 1.29 is 9.84 Å². The molecule has 2 aromatic rings. The van der Waals surface area contributed by atoms with E-state index < -0.39 is 0 Å². The van der Waals surface area contributed by atoms with Crippen LogP contribution in [0.3, 0.4) is 0 Å². The first-order valence-corrected chi connectivity index (χ1v) is 6.89. The normalized spacial score (nSPS) is 12.4. The molecule has 4 heteroatoms. The molecule has 1 unspecified atom stereocenters. The van der Waals surface area contributed by atoms with E-state index in [0.29, 0.717) is 6.61 Å². The molecule has 0 saturated heterocycles. The lowest BCUT2D eigenvalue weighted by Crippen LogP contribution is -1.97. The van der Waals surface area contributed by atoms with E-state index in [1.807, 2.05) is 43.5 Å². The lowest BCUT2D eigenvalue weighted by molar-refractivity contribution is 0.173. The number of aryl methyl sites for hydroxylation is 1. The number of aliphatic hydroxyl groups is 1. The minimum absolute atomic E-state index is 0.389. The Kier molecular flexibility index (Phi) is 4.33. The van der Waals surface area contributed by atoms with Crippen molar-refractivity contribution in [1.29, 1.82) is 0 Å². The molecule has 96 valence electrons. The van der Waals surface area contributed by atoms with Crippen molar-refractivity contribution in [3.05, 3.63) is 45.9 Å². The van der Waals surface area contributed by atoms with Gasteiger partial charge in [0.2, 0.25) is 0 Å². The predicted molar refractivity (Wildman–Crippen MR) is 72.9 cm³/mol. The van der Waals surface area contributed by atoms with Gasteiger partial charge in [0.15, 0.2) is 0 Å². The highest BCUT2D eigenvalue weighted by Gasteiger charge is 2.05.